The molecule has 4 aromatic heterocycles. The second-order valence-electron chi connectivity index (χ2n) is 11.4. The van der Waals surface area contributed by atoms with Crippen LogP contribution in [0.2, 0.25) is 0 Å². The summed E-state index contributed by atoms with van der Waals surface area (Å²) in [5, 5.41) is 2.58. The van der Waals surface area contributed by atoms with Crippen molar-refractivity contribution in [3.63, 3.8) is 0 Å². The number of aromatic nitrogens is 3. The Morgan fingerprint density at radius 1 is 0.960 bits per heavy atom. The van der Waals surface area contributed by atoms with Crippen molar-refractivity contribution in [2.75, 3.05) is 38.2 Å². The lowest BCUT2D eigenvalue weighted by Gasteiger charge is -2.26. The highest BCUT2D eigenvalue weighted by atomic mass is 32.1. The summed E-state index contributed by atoms with van der Waals surface area (Å²) in [6.45, 7) is 6.01. The number of fused-ring (bicyclic) bond motifs is 1. The molecule has 1 amide bonds. The number of pyridine rings is 3. The second kappa shape index (κ2) is 14.5. The molecule has 1 aliphatic rings. The van der Waals surface area contributed by atoms with Crippen LogP contribution in [0.4, 0.5) is 14.5 Å². The van der Waals surface area contributed by atoms with Gasteiger partial charge in [0.15, 0.2) is 11.6 Å². The van der Waals surface area contributed by atoms with Gasteiger partial charge in [-0.2, -0.15) is 0 Å². The summed E-state index contributed by atoms with van der Waals surface area (Å²) in [6.07, 6.45) is 4.91. The quantitative estimate of drug-likeness (QED) is 0.162. The van der Waals surface area contributed by atoms with Gasteiger partial charge in [0.25, 0.3) is 11.5 Å². The Labute approximate surface area is 289 Å². The summed E-state index contributed by atoms with van der Waals surface area (Å²) in [7, 11) is 0. The maximum absolute atomic E-state index is 15.4. The number of halogens is 2. The Kier molecular flexibility index (Phi) is 9.60. The van der Waals surface area contributed by atoms with Crippen molar-refractivity contribution in [3.05, 3.63) is 125 Å². The smallest absolute Gasteiger partial charge is 0.271 e. The van der Waals surface area contributed by atoms with Gasteiger partial charge < -0.3 is 19.5 Å². The minimum atomic E-state index is -0.798. The number of morpholine rings is 1. The molecule has 1 N–H and O–H groups in total. The molecule has 0 saturated carbocycles. The van der Waals surface area contributed by atoms with E-state index in [9.17, 15) is 14.0 Å². The van der Waals surface area contributed by atoms with Crippen molar-refractivity contribution in [1.29, 1.82) is 0 Å². The molecule has 1 saturated heterocycles. The molecular weight excluding hydrogens is 665 g/mol. The van der Waals surface area contributed by atoms with E-state index in [0.29, 0.717) is 17.0 Å². The van der Waals surface area contributed by atoms with Crippen LogP contribution in [0.1, 0.15) is 22.8 Å². The summed E-state index contributed by atoms with van der Waals surface area (Å²) in [4.78, 5) is 39.2. The third kappa shape index (κ3) is 7.10. The molecule has 254 valence electrons. The first kappa shape index (κ1) is 33.0. The summed E-state index contributed by atoms with van der Waals surface area (Å²) >= 11 is 1.44. The molecule has 7 rings (SSSR count). The SMILES string of the molecule is CCOc1ccn(-c2ccc(F)cc2)c(=O)c1C(=O)Nc1ccc(Oc2ccnc3cc(-c4ccc(CN5CCOCC5)cn4)sc23)c(F)c1. The van der Waals surface area contributed by atoms with Crippen molar-refractivity contribution in [2.45, 2.75) is 13.5 Å². The fourth-order valence-corrected chi connectivity index (χ4v) is 6.63. The normalized spacial score (nSPS) is 13.3. The maximum Gasteiger partial charge on any atom is 0.271 e. The summed E-state index contributed by atoms with van der Waals surface area (Å²) < 4.78 is 47.8. The number of nitrogens with zero attached hydrogens (tertiary/aromatic N) is 4. The third-order valence-corrected chi connectivity index (χ3v) is 9.22. The molecule has 0 aliphatic carbocycles. The Balaban J connectivity index is 1.08. The Hall–Kier alpha value is -5.50. The fourth-order valence-electron chi connectivity index (χ4n) is 5.58. The second-order valence-corrected chi connectivity index (χ2v) is 12.5. The van der Waals surface area contributed by atoms with Crippen LogP contribution in [-0.4, -0.2) is 58.3 Å². The van der Waals surface area contributed by atoms with E-state index in [4.69, 9.17) is 14.2 Å². The Morgan fingerprint density at radius 2 is 1.78 bits per heavy atom. The van der Waals surface area contributed by atoms with E-state index < -0.39 is 23.1 Å². The number of nitrogens with one attached hydrogen (secondary N) is 1. The first-order chi connectivity index (χ1) is 24.4. The van der Waals surface area contributed by atoms with Gasteiger partial charge in [-0.1, -0.05) is 6.07 Å². The molecule has 0 spiro atoms. The van der Waals surface area contributed by atoms with E-state index in [1.807, 2.05) is 18.3 Å². The Bertz CT molecular complexity index is 2220. The minimum absolute atomic E-state index is 0.0601. The molecule has 1 aliphatic heterocycles. The monoisotopic (exact) mass is 695 g/mol. The van der Waals surface area contributed by atoms with Gasteiger partial charge in [0.05, 0.1) is 40.6 Å². The van der Waals surface area contributed by atoms with Gasteiger partial charge in [-0.15, -0.1) is 11.3 Å². The van der Waals surface area contributed by atoms with Gasteiger partial charge in [0.1, 0.15) is 22.9 Å². The van der Waals surface area contributed by atoms with Crippen LogP contribution >= 0.6 is 11.3 Å². The average Bonchev–Trinajstić information content (AvgIpc) is 3.56. The van der Waals surface area contributed by atoms with E-state index in [2.05, 4.69) is 26.3 Å². The number of amides is 1. The van der Waals surface area contributed by atoms with Crippen molar-refractivity contribution < 1.29 is 27.8 Å². The first-order valence-electron chi connectivity index (χ1n) is 15.9. The summed E-state index contributed by atoms with van der Waals surface area (Å²) in [6, 6.07) is 18.3. The van der Waals surface area contributed by atoms with E-state index >= 15 is 4.39 Å². The number of carbonyl (C=O) groups excluding carboxylic acids is 1. The van der Waals surface area contributed by atoms with E-state index in [1.165, 1.54) is 64.6 Å². The lowest BCUT2D eigenvalue weighted by molar-refractivity contribution is 0.0341. The largest absolute Gasteiger partial charge is 0.493 e. The van der Waals surface area contributed by atoms with Crippen LogP contribution in [0.25, 0.3) is 26.5 Å². The number of hydrogen-bond donors (Lipinski definition) is 1. The van der Waals surface area contributed by atoms with Crippen LogP contribution in [0.5, 0.6) is 17.2 Å². The molecular formula is C37H31F2N5O5S. The molecule has 6 aromatic rings. The molecule has 2 aromatic carbocycles. The fraction of sp³-hybridized carbons (Fsp3) is 0.189. The standard InChI is InChI=1S/C37H31F2N5O5S/c1-2-48-31-12-14-44(26-7-4-24(38)5-8-26)37(46)34(31)36(45)42-25-6-10-30(27(39)19-25)49-32-11-13-40-29-20-33(50-35(29)32)28-9-3-23(21-41-28)22-43-15-17-47-18-16-43/h3-14,19-21H,2,15-18,22H2,1H3,(H,42,45). The molecule has 10 nitrogen and oxygen atoms in total. The molecule has 0 radical (unpaired) electrons. The summed E-state index contributed by atoms with van der Waals surface area (Å²) in [5.41, 5.74) is 2.09. The van der Waals surface area contributed by atoms with Crippen LogP contribution in [-0.2, 0) is 11.3 Å². The van der Waals surface area contributed by atoms with Crippen LogP contribution in [0, 0.1) is 11.6 Å². The number of thiophene rings is 1. The zero-order valence-electron chi connectivity index (χ0n) is 26.9. The van der Waals surface area contributed by atoms with Gasteiger partial charge in [0, 0.05) is 61.7 Å². The summed E-state index contributed by atoms with van der Waals surface area (Å²) in [5.74, 6) is -1.59. The molecule has 0 atom stereocenters. The maximum atomic E-state index is 15.4. The molecule has 13 heteroatoms. The van der Waals surface area contributed by atoms with Gasteiger partial charge in [-0.3, -0.25) is 29.0 Å². The van der Waals surface area contributed by atoms with Crippen LogP contribution in [0.3, 0.4) is 0 Å². The van der Waals surface area contributed by atoms with Crippen LogP contribution in [0.15, 0.2) is 96.2 Å². The zero-order chi connectivity index (χ0) is 34.6. The highest BCUT2D eigenvalue weighted by Crippen LogP contribution is 2.39. The van der Waals surface area contributed by atoms with E-state index in [0.717, 1.165) is 59.7 Å². The molecule has 1 fully saturated rings. The minimum Gasteiger partial charge on any atom is -0.493 e. The number of rotatable bonds is 10. The number of hydrogen-bond acceptors (Lipinski definition) is 9. The number of carbonyl (C=O) groups is 1. The van der Waals surface area contributed by atoms with Gasteiger partial charge in [-0.25, -0.2) is 8.78 Å². The van der Waals surface area contributed by atoms with Gasteiger partial charge in [-0.05, 0) is 67.1 Å². The topological polar surface area (TPSA) is 108 Å². The van der Waals surface area contributed by atoms with Crippen molar-refractivity contribution in [1.82, 2.24) is 19.4 Å². The van der Waals surface area contributed by atoms with Crippen molar-refractivity contribution >= 4 is 33.1 Å². The number of benzene rings is 2. The lowest BCUT2D eigenvalue weighted by atomic mass is 10.2. The third-order valence-electron chi connectivity index (χ3n) is 8.06. The van der Waals surface area contributed by atoms with Crippen molar-refractivity contribution in [3.8, 4) is 33.5 Å². The first-order valence-corrected chi connectivity index (χ1v) is 16.7. The average molecular weight is 696 g/mol. The zero-order valence-corrected chi connectivity index (χ0v) is 27.7. The predicted molar refractivity (Wildman–Crippen MR) is 187 cm³/mol. The van der Waals surface area contributed by atoms with Gasteiger partial charge in [0.2, 0.25) is 0 Å². The molecule has 5 heterocycles. The highest BCUT2D eigenvalue weighted by Gasteiger charge is 2.21. The Morgan fingerprint density at radius 3 is 2.52 bits per heavy atom. The molecule has 0 bridgehead atoms. The number of anilines is 1. The molecule has 50 heavy (non-hydrogen) atoms. The highest BCUT2D eigenvalue weighted by molar-refractivity contribution is 7.22. The molecule has 0 unspecified atom stereocenters. The number of ether oxygens (including phenoxy) is 3. The predicted octanol–water partition coefficient (Wildman–Crippen LogP) is 7.06. The van der Waals surface area contributed by atoms with E-state index in [1.54, 1.807) is 19.2 Å². The lowest BCUT2D eigenvalue weighted by Crippen LogP contribution is -2.35. The van der Waals surface area contributed by atoms with E-state index in [-0.39, 0.29) is 29.4 Å². The van der Waals surface area contributed by atoms with Crippen molar-refractivity contribution in [2.24, 2.45) is 0 Å². The van der Waals surface area contributed by atoms with Gasteiger partial charge >= 0.3 is 0 Å². The van der Waals surface area contributed by atoms with Crippen LogP contribution < -0.4 is 20.3 Å².